The second-order valence-corrected chi connectivity index (χ2v) is 7.79. The molecule has 7 nitrogen and oxygen atoms in total. The lowest BCUT2D eigenvalue weighted by molar-refractivity contribution is 0.0242. The van der Waals surface area contributed by atoms with Gasteiger partial charge in [0.2, 0.25) is 7.37 Å². The number of rotatable bonds is 3. The molecule has 0 aromatic carbocycles. The molecule has 1 saturated heterocycles. The Balaban J connectivity index is 2.09. The number of anilines is 1. The number of aromatic nitrogens is 2. The van der Waals surface area contributed by atoms with Gasteiger partial charge in [0, 0.05) is 18.6 Å². The molecule has 2 rings (SSSR count). The molecule has 1 aliphatic heterocycles. The van der Waals surface area contributed by atoms with Gasteiger partial charge in [0.05, 0.1) is 6.16 Å². The maximum Gasteiger partial charge on any atom is 0.351 e. The van der Waals surface area contributed by atoms with Crippen LogP contribution in [0.4, 0.5) is 5.82 Å². The Morgan fingerprint density at radius 2 is 2.50 bits per heavy atom. The van der Waals surface area contributed by atoms with E-state index in [-0.39, 0.29) is 17.4 Å². The predicted octanol–water partition coefficient (Wildman–Crippen LogP) is 0.314. The number of hydrogen-bond donors (Lipinski definition) is 2. The fourth-order valence-corrected chi connectivity index (χ4v) is 4.32. The molecule has 1 fully saturated rings. The predicted molar refractivity (Wildman–Crippen MR) is 69.9 cm³/mol. The number of hydrogen-bond acceptors (Lipinski definition) is 6. The van der Waals surface area contributed by atoms with Crippen LogP contribution in [0, 0.1) is 0 Å². The first-order chi connectivity index (χ1) is 8.35. The smallest absolute Gasteiger partial charge is 0.351 e. The van der Waals surface area contributed by atoms with E-state index in [1.807, 2.05) is 0 Å². The molecule has 9 heteroatoms. The largest absolute Gasteiger partial charge is 0.383 e. The first-order valence-corrected chi connectivity index (χ1v) is 8.60. The van der Waals surface area contributed by atoms with Crippen molar-refractivity contribution in [3.63, 3.8) is 0 Å². The molecule has 3 N–H and O–H groups in total. The average molecular weight is 291 g/mol. The van der Waals surface area contributed by atoms with Gasteiger partial charge < -0.3 is 15.4 Å². The van der Waals surface area contributed by atoms with Crippen molar-refractivity contribution in [2.24, 2.45) is 0 Å². The molecule has 0 radical (unpaired) electrons. The van der Waals surface area contributed by atoms with E-state index in [0.717, 1.165) is 0 Å². The third-order valence-electron chi connectivity index (χ3n) is 2.38. The third kappa shape index (κ3) is 3.35. The molecule has 0 aliphatic carbocycles. The van der Waals surface area contributed by atoms with Gasteiger partial charge in [0.15, 0.2) is 0 Å². The second-order valence-electron chi connectivity index (χ2n) is 4.13. The van der Waals surface area contributed by atoms with Gasteiger partial charge in [-0.05, 0) is 6.07 Å². The zero-order chi connectivity index (χ0) is 13.3. The van der Waals surface area contributed by atoms with Crippen molar-refractivity contribution in [1.82, 2.24) is 9.55 Å². The second kappa shape index (κ2) is 5.05. The first-order valence-electron chi connectivity index (χ1n) is 5.26. The molecule has 1 unspecified atom stereocenters. The van der Waals surface area contributed by atoms with Gasteiger partial charge in [-0.3, -0.25) is 9.13 Å². The zero-order valence-corrected chi connectivity index (χ0v) is 11.4. The maximum atomic E-state index is 11.6. The summed E-state index contributed by atoms with van der Waals surface area (Å²) in [7, 11) is -3.12. The topological polar surface area (TPSA) is 107 Å². The van der Waals surface area contributed by atoms with Gasteiger partial charge in [-0.1, -0.05) is 0 Å². The van der Waals surface area contributed by atoms with Crippen LogP contribution in [0.2, 0.25) is 0 Å². The molecule has 100 valence electrons. The molecular weight excluding hydrogens is 277 g/mol. The van der Waals surface area contributed by atoms with Crippen molar-refractivity contribution in [3.8, 4) is 0 Å². The highest BCUT2D eigenvalue weighted by Gasteiger charge is 2.31. The van der Waals surface area contributed by atoms with Crippen molar-refractivity contribution >= 4 is 24.9 Å². The first kappa shape index (κ1) is 13.6. The SMILES string of the molecule is CP(=O)(O)C[C@H]1O[C@@H](n2ccc(N)nc2=O)CS1. The van der Waals surface area contributed by atoms with E-state index in [1.165, 1.54) is 35.3 Å². The van der Waals surface area contributed by atoms with Crippen LogP contribution in [0.15, 0.2) is 17.1 Å². The van der Waals surface area contributed by atoms with Crippen LogP contribution in [-0.4, -0.2) is 38.5 Å². The number of thioether (sulfide) groups is 1. The highest BCUT2D eigenvalue weighted by atomic mass is 32.2. The Bertz CT molecular complexity index is 543. The summed E-state index contributed by atoms with van der Waals surface area (Å²) in [6.07, 6.45) is 1.13. The summed E-state index contributed by atoms with van der Waals surface area (Å²) < 4.78 is 18.2. The van der Waals surface area contributed by atoms with Crippen molar-refractivity contribution in [2.75, 3.05) is 24.3 Å². The minimum Gasteiger partial charge on any atom is -0.383 e. The maximum absolute atomic E-state index is 11.6. The van der Waals surface area contributed by atoms with Gasteiger partial charge in [-0.2, -0.15) is 4.98 Å². The lowest BCUT2D eigenvalue weighted by Crippen LogP contribution is -2.28. The molecule has 18 heavy (non-hydrogen) atoms. The average Bonchev–Trinajstić information content (AvgIpc) is 2.63. The van der Waals surface area contributed by atoms with Crippen LogP contribution in [0.25, 0.3) is 0 Å². The Hall–Kier alpha value is -0.820. The summed E-state index contributed by atoms with van der Waals surface area (Å²) in [6.45, 7) is 1.29. The van der Waals surface area contributed by atoms with E-state index >= 15 is 0 Å². The van der Waals surface area contributed by atoms with Crippen LogP contribution >= 0.6 is 19.1 Å². The Morgan fingerprint density at radius 1 is 1.78 bits per heavy atom. The third-order valence-corrected chi connectivity index (χ3v) is 4.77. The van der Waals surface area contributed by atoms with E-state index < -0.39 is 19.3 Å². The van der Waals surface area contributed by atoms with E-state index in [2.05, 4.69) is 4.98 Å². The molecule has 3 atom stereocenters. The molecule has 2 heterocycles. The lowest BCUT2D eigenvalue weighted by atomic mass is 10.5. The van der Waals surface area contributed by atoms with Gasteiger partial charge in [0.25, 0.3) is 0 Å². The molecule has 1 aromatic rings. The Labute approximate surface area is 108 Å². The summed E-state index contributed by atoms with van der Waals surface area (Å²) in [6, 6.07) is 1.51. The highest BCUT2D eigenvalue weighted by molar-refractivity contribution is 8.00. The van der Waals surface area contributed by atoms with E-state index in [9.17, 15) is 14.3 Å². The van der Waals surface area contributed by atoms with E-state index in [0.29, 0.717) is 5.75 Å². The summed E-state index contributed by atoms with van der Waals surface area (Å²) in [5.74, 6) is 0.697. The summed E-state index contributed by atoms with van der Waals surface area (Å²) in [4.78, 5) is 24.5. The Morgan fingerprint density at radius 3 is 3.11 bits per heavy atom. The molecular formula is C9H14N3O4PS. The van der Waals surface area contributed by atoms with Crippen molar-refractivity contribution in [1.29, 1.82) is 0 Å². The standard InChI is InChI=1S/C9H14N3O4PS/c1-17(14,15)4-8-16-7(5-18-8)12-3-2-6(10)11-9(12)13/h2-3,7-8H,4-5H2,1H3,(H,14,15)(H2,10,11,13)/t7-,8+/m1/s1. The zero-order valence-electron chi connectivity index (χ0n) is 9.72. The summed E-state index contributed by atoms with van der Waals surface area (Å²) in [5, 5.41) is 0. The lowest BCUT2D eigenvalue weighted by Gasteiger charge is -2.15. The van der Waals surface area contributed by atoms with Crippen LogP contribution in [0.5, 0.6) is 0 Å². The fourth-order valence-electron chi connectivity index (χ4n) is 1.61. The van der Waals surface area contributed by atoms with Crippen molar-refractivity contribution in [3.05, 3.63) is 22.7 Å². The summed E-state index contributed by atoms with van der Waals surface area (Å²) >= 11 is 1.41. The minimum atomic E-state index is -3.12. The quantitative estimate of drug-likeness (QED) is 0.772. The van der Waals surface area contributed by atoms with Crippen molar-refractivity contribution < 1.29 is 14.2 Å². The molecule has 0 spiro atoms. The highest BCUT2D eigenvalue weighted by Crippen LogP contribution is 2.43. The van der Waals surface area contributed by atoms with Gasteiger partial charge in [0.1, 0.15) is 17.5 Å². The number of nitrogen functional groups attached to an aromatic ring is 1. The van der Waals surface area contributed by atoms with Gasteiger partial charge >= 0.3 is 5.69 Å². The molecule has 0 bridgehead atoms. The number of nitrogens with two attached hydrogens (primary N) is 1. The monoisotopic (exact) mass is 291 g/mol. The van der Waals surface area contributed by atoms with Crippen molar-refractivity contribution in [2.45, 2.75) is 11.7 Å². The number of nitrogens with zero attached hydrogens (tertiary/aromatic N) is 2. The van der Waals surface area contributed by atoms with E-state index in [1.54, 1.807) is 0 Å². The van der Waals surface area contributed by atoms with Crippen LogP contribution < -0.4 is 11.4 Å². The number of ether oxygens (including phenoxy) is 1. The summed E-state index contributed by atoms with van der Waals surface area (Å²) in [5.41, 5.74) is 4.54. The molecule has 0 amide bonds. The molecule has 0 saturated carbocycles. The fraction of sp³-hybridized carbons (Fsp3) is 0.556. The Kier molecular flexibility index (Phi) is 3.82. The van der Waals surface area contributed by atoms with Crippen LogP contribution in [0.1, 0.15) is 6.23 Å². The minimum absolute atomic E-state index is 0.0747. The molecule has 1 aromatic heterocycles. The van der Waals surface area contributed by atoms with E-state index in [4.69, 9.17) is 10.5 Å². The normalized spacial score (nSPS) is 27.0. The van der Waals surface area contributed by atoms with Gasteiger partial charge in [-0.25, -0.2) is 4.79 Å². The van der Waals surface area contributed by atoms with Crippen LogP contribution in [0.3, 0.4) is 0 Å². The molecule has 1 aliphatic rings. The van der Waals surface area contributed by atoms with Gasteiger partial charge in [-0.15, -0.1) is 11.8 Å². The van der Waals surface area contributed by atoms with Crippen LogP contribution in [-0.2, 0) is 9.30 Å².